The Balaban J connectivity index is 1.98. The first-order chi connectivity index (χ1) is 9.92. The van der Waals surface area contributed by atoms with Gasteiger partial charge in [-0.2, -0.15) is 0 Å². The lowest BCUT2D eigenvalue weighted by atomic mass is 10.4. The van der Waals surface area contributed by atoms with Gasteiger partial charge in [0.1, 0.15) is 12.7 Å². The van der Waals surface area contributed by atoms with Crippen LogP contribution in [0, 0.1) is 0 Å². The van der Waals surface area contributed by atoms with Crippen molar-refractivity contribution < 1.29 is 23.7 Å². The molecule has 0 aliphatic rings. The number of hydrogen-bond donors (Lipinski definition) is 2. The summed E-state index contributed by atoms with van der Waals surface area (Å²) in [5, 5.41) is 0.523. The number of ether oxygens (including phenoxy) is 1. The van der Waals surface area contributed by atoms with Crippen LogP contribution in [-0.2, 0) is 13.9 Å². The first-order valence-electron chi connectivity index (χ1n) is 6.24. The molecule has 0 aromatic heterocycles. The highest BCUT2D eigenvalue weighted by Gasteiger charge is 2.26. The summed E-state index contributed by atoms with van der Waals surface area (Å²) in [7, 11) is -7.35. The predicted octanol–water partition coefficient (Wildman–Crippen LogP) is 2.11. The third-order valence-electron chi connectivity index (χ3n) is 2.85. The second-order valence-corrected chi connectivity index (χ2v) is 8.89. The SMILES string of the molecule is O=P(O)(COCP(=O)(O)c1ccccc1)c1ccccc1. The second kappa shape index (κ2) is 6.69. The molecule has 2 N–H and O–H groups in total. The Morgan fingerprint density at radius 3 is 1.38 bits per heavy atom. The lowest BCUT2D eigenvalue weighted by Gasteiger charge is -2.15. The molecule has 0 bridgehead atoms. The molecule has 0 aliphatic carbocycles. The number of rotatable bonds is 6. The van der Waals surface area contributed by atoms with Gasteiger partial charge in [-0.25, -0.2) is 0 Å². The largest absolute Gasteiger partial charge is 0.361 e. The molecule has 0 fully saturated rings. The van der Waals surface area contributed by atoms with Gasteiger partial charge in [-0.15, -0.1) is 0 Å². The van der Waals surface area contributed by atoms with E-state index < -0.39 is 27.4 Å². The fraction of sp³-hybridized carbons (Fsp3) is 0.143. The summed E-state index contributed by atoms with van der Waals surface area (Å²) in [4.78, 5) is 19.8. The van der Waals surface area contributed by atoms with Crippen LogP contribution >= 0.6 is 14.7 Å². The molecule has 0 saturated heterocycles. The third kappa shape index (κ3) is 4.37. The molecule has 0 saturated carbocycles. The number of hydrogen-bond acceptors (Lipinski definition) is 3. The van der Waals surface area contributed by atoms with Gasteiger partial charge in [0.05, 0.1) is 0 Å². The van der Waals surface area contributed by atoms with Crippen molar-refractivity contribution >= 4 is 25.3 Å². The summed E-state index contributed by atoms with van der Waals surface area (Å²) in [6.07, 6.45) is -0.983. The average Bonchev–Trinajstić information content (AvgIpc) is 2.49. The van der Waals surface area contributed by atoms with Gasteiger partial charge in [0.15, 0.2) is 0 Å². The van der Waals surface area contributed by atoms with Gasteiger partial charge < -0.3 is 14.5 Å². The lowest BCUT2D eigenvalue weighted by molar-refractivity contribution is 0.208. The van der Waals surface area contributed by atoms with Crippen molar-refractivity contribution in [1.29, 1.82) is 0 Å². The van der Waals surface area contributed by atoms with E-state index in [2.05, 4.69) is 0 Å². The minimum absolute atomic E-state index is 0.262. The van der Waals surface area contributed by atoms with Gasteiger partial charge in [0, 0.05) is 10.6 Å². The zero-order chi connectivity index (χ0) is 15.3. The summed E-state index contributed by atoms with van der Waals surface area (Å²) < 4.78 is 29.2. The maximum Gasteiger partial charge on any atom is 0.254 e. The smallest absolute Gasteiger partial charge is 0.254 e. The fourth-order valence-corrected chi connectivity index (χ4v) is 4.15. The van der Waals surface area contributed by atoms with Gasteiger partial charge in [-0.3, -0.25) is 9.13 Å². The molecular weight excluding hydrogens is 310 g/mol. The van der Waals surface area contributed by atoms with E-state index in [1.54, 1.807) is 36.4 Å². The molecule has 0 spiro atoms. The van der Waals surface area contributed by atoms with E-state index in [1.165, 1.54) is 24.3 Å². The predicted molar refractivity (Wildman–Crippen MR) is 82.6 cm³/mol. The van der Waals surface area contributed by atoms with Crippen LogP contribution in [0.15, 0.2) is 60.7 Å². The van der Waals surface area contributed by atoms with Crippen LogP contribution in [0.1, 0.15) is 0 Å². The molecule has 2 aromatic rings. The normalized spacial score (nSPS) is 16.9. The highest BCUT2D eigenvalue weighted by molar-refractivity contribution is 7.66. The monoisotopic (exact) mass is 326 g/mol. The summed E-state index contributed by atoms with van der Waals surface area (Å²) in [6.45, 7) is 0. The van der Waals surface area contributed by atoms with Gasteiger partial charge in [-0.05, 0) is 24.3 Å². The number of benzene rings is 2. The van der Waals surface area contributed by atoms with Crippen molar-refractivity contribution in [3.63, 3.8) is 0 Å². The molecule has 0 amide bonds. The molecule has 0 aliphatic heterocycles. The van der Waals surface area contributed by atoms with Gasteiger partial charge in [0.2, 0.25) is 0 Å². The molecule has 0 heterocycles. The Kier molecular flexibility index (Phi) is 5.15. The minimum Gasteiger partial charge on any atom is -0.361 e. The average molecular weight is 326 g/mol. The zero-order valence-electron chi connectivity index (χ0n) is 11.2. The standard InChI is InChI=1S/C14H16O5P2/c15-20(16,13-7-3-1-4-8-13)11-19-12-21(17,18)14-9-5-2-6-10-14/h1-10H,11-12H2,(H,15,16)(H,17,18). The molecule has 5 nitrogen and oxygen atoms in total. The molecular formula is C14H16O5P2. The molecule has 2 aromatic carbocycles. The second-order valence-electron chi connectivity index (χ2n) is 4.54. The van der Waals surface area contributed by atoms with E-state index in [-0.39, 0.29) is 10.6 Å². The minimum atomic E-state index is -3.68. The van der Waals surface area contributed by atoms with Crippen LogP contribution in [0.5, 0.6) is 0 Å². The topological polar surface area (TPSA) is 83.8 Å². The summed E-state index contributed by atoms with van der Waals surface area (Å²) in [5.74, 6) is 0. The third-order valence-corrected chi connectivity index (χ3v) is 6.13. The quantitative estimate of drug-likeness (QED) is 0.794. The van der Waals surface area contributed by atoms with E-state index in [4.69, 9.17) is 4.74 Å². The van der Waals surface area contributed by atoms with Crippen LogP contribution in [0.2, 0.25) is 0 Å². The highest BCUT2D eigenvalue weighted by Crippen LogP contribution is 2.43. The molecule has 0 radical (unpaired) electrons. The Morgan fingerprint density at radius 2 is 1.05 bits per heavy atom. The van der Waals surface area contributed by atoms with Gasteiger partial charge in [-0.1, -0.05) is 36.4 Å². The van der Waals surface area contributed by atoms with Crippen molar-refractivity contribution in [3.8, 4) is 0 Å². The Hall–Kier alpha value is -1.22. The van der Waals surface area contributed by atoms with Crippen molar-refractivity contribution in [2.75, 3.05) is 12.7 Å². The van der Waals surface area contributed by atoms with Crippen LogP contribution in [0.25, 0.3) is 0 Å². The van der Waals surface area contributed by atoms with E-state index in [9.17, 15) is 18.9 Å². The fourth-order valence-electron chi connectivity index (χ4n) is 1.76. The Morgan fingerprint density at radius 1 is 0.714 bits per heavy atom. The van der Waals surface area contributed by atoms with Crippen LogP contribution < -0.4 is 10.6 Å². The molecule has 2 rings (SSSR count). The zero-order valence-corrected chi connectivity index (χ0v) is 13.0. The first-order valence-corrected chi connectivity index (χ1v) is 9.93. The molecule has 112 valence electrons. The van der Waals surface area contributed by atoms with Crippen molar-refractivity contribution in [1.82, 2.24) is 0 Å². The first kappa shape index (κ1) is 16.2. The Labute approximate surface area is 123 Å². The van der Waals surface area contributed by atoms with Crippen LogP contribution in [0.3, 0.4) is 0 Å². The van der Waals surface area contributed by atoms with Crippen LogP contribution in [-0.4, -0.2) is 22.5 Å². The maximum absolute atomic E-state index is 12.1. The van der Waals surface area contributed by atoms with Crippen molar-refractivity contribution in [3.05, 3.63) is 60.7 Å². The Bertz CT molecular complexity index is 613. The van der Waals surface area contributed by atoms with Gasteiger partial charge in [0.25, 0.3) is 14.7 Å². The summed E-state index contributed by atoms with van der Waals surface area (Å²) in [5.41, 5.74) is 0. The van der Waals surface area contributed by atoms with Crippen molar-refractivity contribution in [2.24, 2.45) is 0 Å². The summed E-state index contributed by atoms with van der Waals surface area (Å²) in [6, 6.07) is 16.2. The molecule has 2 atom stereocenters. The lowest BCUT2D eigenvalue weighted by Crippen LogP contribution is -2.12. The molecule has 21 heavy (non-hydrogen) atoms. The highest BCUT2D eigenvalue weighted by atomic mass is 31.2. The molecule has 2 unspecified atom stereocenters. The van der Waals surface area contributed by atoms with E-state index >= 15 is 0 Å². The van der Waals surface area contributed by atoms with Gasteiger partial charge >= 0.3 is 0 Å². The van der Waals surface area contributed by atoms with E-state index in [0.717, 1.165) is 0 Å². The van der Waals surface area contributed by atoms with E-state index in [0.29, 0.717) is 0 Å². The molecule has 7 heteroatoms. The summed E-state index contributed by atoms with van der Waals surface area (Å²) >= 11 is 0. The van der Waals surface area contributed by atoms with Crippen molar-refractivity contribution in [2.45, 2.75) is 0 Å². The maximum atomic E-state index is 12.1. The van der Waals surface area contributed by atoms with E-state index in [1.807, 2.05) is 0 Å². The van der Waals surface area contributed by atoms with Crippen LogP contribution in [0.4, 0.5) is 0 Å².